The number of nitrogens with two attached hydrogens (primary N) is 1. The van der Waals surface area contributed by atoms with Gasteiger partial charge >= 0.3 is 0 Å². The maximum atomic E-state index is 12.4. The Morgan fingerprint density at radius 1 is 1.42 bits per heavy atom. The number of carbonyl (C=O) groups is 2. The zero-order chi connectivity index (χ0) is 14.0. The fourth-order valence-electron chi connectivity index (χ4n) is 2.70. The van der Waals surface area contributed by atoms with Crippen molar-refractivity contribution in [3.63, 3.8) is 0 Å². The van der Waals surface area contributed by atoms with E-state index in [1.165, 1.54) is 0 Å². The van der Waals surface area contributed by atoms with Crippen molar-refractivity contribution in [1.29, 1.82) is 0 Å². The van der Waals surface area contributed by atoms with Gasteiger partial charge in [-0.1, -0.05) is 0 Å². The maximum Gasteiger partial charge on any atom is 0.252 e. The number of hydrogen-bond acceptors (Lipinski definition) is 4. The lowest BCUT2D eigenvalue weighted by Gasteiger charge is -2.26. The minimum absolute atomic E-state index is 0.0593. The molecule has 0 spiro atoms. The molecular weight excluding hydrogens is 246 g/mol. The lowest BCUT2D eigenvalue weighted by atomic mass is 10.1. The summed E-state index contributed by atoms with van der Waals surface area (Å²) >= 11 is 0. The molecule has 2 saturated heterocycles. The van der Waals surface area contributed by atoms with Crippen LogP contribution in [-0.2, 0) is 14.3 Å². The van der Waals surface area contributed by atoms with Crippen molar-refractivity contribution in [2.24, 2.45) is 5.73 Å². The van der Waals surface area contributed by atoms with Gasteiger partial charge in [-0.15, -0.1) is 0 Å². The summed E-state index contributed by atoms with van der Waals surface area (Å²) in [5.41, 5.74) is 5.91. The van der Waals surface area contributed by atoms with Crippen LogP contribution >= 0.6 is 0 Å². The largest absolute Gasteiger partial charge is 0.368 e. The molecule has 2 aliphatic heterocycles. The summed E-state index contributed by atoms with van der Waals surface area (Å²) in [5, 5.41) is 2.85. The van der Waals surface area contributed by atoms with Gasteiger partial charge in [-0.05, 0) is 33.1 Å². The van der Waals surface area contributed by atoms with Crippen LogP contribution in [0.25, 0.3) is 0 Å². The molecule has 3 N–H and O–H groups in total. The Kier molecular flexibility index (Phi) is 4.42. The van der Waals surface area contributed by atoms with E-state index in [1.54, 1.807) is 4.90 Å². The second-order valence-corrected chi connectivity index (χ2v) is 5.67. The van der Waals surface area contributed by atoms with Crippen LogP contribution in [0, 0.1) is 0 Å². The SMILES string of the molecule is CC(C)NC(=O)[C@@H]1C[C@@H](N)CN1C(=O)[C@H]1CCCO1. The first-order chi connectivity index (χ1) is 8.99. The third-order valence-electron chi connectivity index (χ3n) is 3.56. The summed E-state index contributed by atoms with van der Waals surface area (Å²) in [6, 6.07) is -0.522. The maximum absolute atomic E-state index is 12.4. The molecule has 6 heteroatoms. The molecular formula is C13H23N3O3. The van der Waals surface area contributed by atoms with Crippen molar-refractivity contribution in [2.75, 3.05) is 13.2 Å². The molecule has 0 radical (unpaired) electrons. The van der Waals surface area contributed by atoms with Gasteiger partial charge in [0.15, 0.2) is 0 Å². The summed E-state index contributed by atoms with van der Waals surface area (Å²) in [5.74, 6) is -0.205. The van der Waals surface area contributed by atoms with Crippen molar-refractivity contribution < 1.29 is 14.3 Å². The number of carbonyl (C=O) groups excluding carboxylic acids is 2. The van der Waals surface area contributed by atoms with Crippen molar-refractivity contribution in [3.05, 3.63) is 0 Å². The highest BCUT2D eigenvalue weighted by Gasteiger charge is 2.41. The number of nitrogens with one attached hydrogen (secondary N) is 1. The highest BCUT2D eigenvalue weighted by atomic mass is 16.5. The minimum Gasteiger partial charge on any atom is -0.368 e. The summed E-state index contributed by atoms with van der Waals surface area (Å²) < 4.78 is 5.41. The second kappa shape index (κ2) is 5.88. The summed E-state index contributed by atoms with van der Waals surface area (Å²) in [4.78, 5) is 26.1. The number of ether oxygens (including phenoxy) is 1. The Bertz CT molecular complexity index is 353. The van der Waals surface area contributed by atoms with E-state index in [-0.39, 0.29) is 30.0 Å². The van der Waals surface area contributed by atoms with Gasteiger partial charge in [0, 0.05) is 25.2 Å². The summed E-state index contributed by atoms with van der Waals surface area (Å²) in [6.07, 6.45) is 1.78. The summed E-state index contributed by atoms with van der Waals surface area (Å²) in [7, 11) is 0. The van der Waals surface area contributed by atoms with E-state index >= 15 is 0 Å². The van der Waals surface area contributed by atoms with Gasteiger partial charge in [0.2, 0.25) is 5.91 Å². The number of likely N-dealkylation sites (tertiary alicyclic amines) is 1. The van der Waals surface area contributed by atoms with Gasteiger partial charge < -0.3 is 20.7 Å². The van der Waals surface area contributed by atoms with Crippen LogP contribution < -0.4 is 11.1 Å². The van der Waals surface area contributed by atoms with E-state index in [4.69, 9.17) is 10.5 Å². The second-order valence-electron chi connectivity index (χ2n) is 5.67. The molecule has 0 aliphatic carbocycles. The molecule has 0 aromatic carbocycles. The molecule has 0 unspecified atom stereocenters. The van der Waals surface area contributed by atoms with Crippen LogP contribution in [0.4, 0.5) is 0 Å². The molecule has 0 saturated carbocycles. The number of hydrogen-bond donors (Lipinski definition) is 2. The zero-order valence-corrected chi connectivity index (χ0v) is 11.6. The molecule has 2 heterocycles. The first-order valence-electron chi connectivity index (χ1n) is 6.97. The van der Waals surface area contributed by atoms with Crippen LogP contribution in [0.3, 0.4) is 0 Å². The van der Waals surface area contributed by atoms with Crippen molar-refractivity contribution in [1.82, 2.24) is 10.2 Å². The molecule has 0 aromatic rings. The van der Waals surface area contributed by atoms with E-state index in [0.29, 0.717) is 19.6 Å². The standard InChI is InChI=1S/C13H23N3O3/c1-8(2)15-12(17)10-6-9(14)7-16(10)13(18)11-4-3-5-19-11/h8-11H,3-7,14H2,1-2H3,(H,15,17)/t9-,10+,11-/m1/s1. The molecule has 3 atom stereocenters. The lowest BCUT2D eigenvalue weighted by Crippen LogP contribution is -2.50. The normalized spacial score (nSPS) is 30.9. The van der Waals surface area contributed by atoms with Crippen LogP contribution in [-0.4, -0.2) is 54.1 Å². The molecule has 6 nitrogen and oxygen atoms in total. The Morgan fingerprint density at radius 2 is 2.16 bits per heavy atom. The van der Waals surface area contributed by atoms with Crippen LogP contribution in [0.15, 0.2) is 0 Å². The predicted molar refractivity (Wildman–Crippen MR) is 70.3 cm³/mol. The molecule has 0 bridgehead atoms. The van der Waals surface area contributed by atoms with Gasteiger partial charge in [-0.2, -0.15) is 0 Å². The average molecular weight is 269 g/mol. The van der Waals surface area contributed by atoms with Crippen molar-refractivity contribution in [3.8, 4) is 0 Å². The Hall–Kier alpha value is -1.14. The Labute approximate surface area is 113 Å². The smallest absolute Gasteiger partial charge is 0.252 e. The highest BCUT2D eigenvalue weighted by molar-refractivity contribution is 5.90. The molecule has 108 valence electrons. The molecule has 0 aromatic heterocycles. The van der Waals surface area contributed by atoms with E-state index in [9.17, 15) is 9.59 Å². The predicted octanol–water partition coefficient (Wildman–Crippen LogP) is -0.382. The Balaban J connectivity index is 2.04. The topological polar surface area (TPSA) is 84.7 Å². The van der Waals surface area contributed by atoms with Crippen LogP contribution in [0.5, 0.6) is 0 Å². The van der Waals surface area contributed by atoms with E-state index < -0.39 is 6.04 Å². The van der Waals surface area contributed by atoms with Gasteiger partial charge in [-0.3, -0.25) is 9.59 Å². The van der Waals surface area contributed by atoms with Crippen LogP contribution in [0.2, 0.25) is 0 Å². The zero-order valence-electron chi connectivity index (χ0n) is 11.6. The lowest BCUT2D eigenvalue weighted by molar-refractivity contribution is -0.145. The first-order valence-corrected chi connectivity index (χ1v) is 6.97. The fourth-order valence-corrected chi connectivity index (χ4v) is 2.70. The van der Waals surface area contributed by atoms with Gasteiger partial charge in [-0.25, -0.2) is 0 Å². The number of amides is 2. The third kappa shape index (κ3) is 3.25. The molecule has 2 fully saturated rings. The highest BCUT2D eigenvalue weighted by Crippen LogP contribution is 2.22. The fraction of sp³-hybridized carbons (Fsp3) is 0.846. The molecule has 2 rings (SSSR count). The first kappa shape index (κ1) is 14.3. The monoisotopic (exact) mass is 269 g/mol. The van der Waals surface area contributed by atoms with E-state index in [2.05, 4.69) is 5.32 Å². The number of nitrogens with zero attached hydrogens (tertiary/aromatic N) is 1. The third-order valence-corrected chi connectivity index (χ3v) is 3.56. The number of rotatable bonds is 3. The molecule has 19 heavy (non-hydrogen) atoms. The minimum atomic E-state index is -0.450. The average Bonchev–Trinajstić information content (AvgIpc) is 2.95. The van der Waals surface area contributed by atoms with Gasteiger partial charge in [0.05, 0.1) is 0 Å². The molecule has 2 aliphatic rings. The van der Waals surface area contributed by atoms with Crippen LogP contribution in [0.1, 0.15) is 33.1 Å². The van der Waals surface area contributed by atoms with E-state index in [1.807, 2.05) is 13.8 Å². The Morgan fingerprint density at radius 3 is 2.74 bits per heavy atom. The molecule has 2 amide bonds. The summed E-state index contributed by atoms with van der Waals surface area (Å²) in [6.45, 7) is 4.87. The van der Waals surface area contributed by atoms with Crippen molar-refractivity contribution in [2.45, 2.75) is 57.3 Å². The van der Waals surface area contributed by atoms with Gasteiger partial charge in [0.1, 0.15) is 12.1 Å². The quantitative estimate of drug-likeness (QED) is 0.731. The van der Waals surface area contributed by atoms with E-state index in [0.717, 1.165) is 12.8 Å². The van der Waals surface area contributed by atoms with Gasteiger partial charge in [0.25, 0.3) is 5.91 Å². The van der Waals surface area contributed by atoms with Crippen molar-refractivity contribution >= 4 is 11.8 Å².